The largest absolute Gasteiger partial charge is 0.489 e. The number of carboxylic acids is 2. The maximum Gasteiger partial charge on any atom is 0.343 e. The third kappa shape index (κ3) is 4.74. The average Bonchev–Trinajstić information content (AvgIpc) is 2.69. The normalized spacial score (nSPS) is 14.3. The quantitative estimate of drug-likeness (QED) is 0.312. The molecule has 1 atom stereocenters. The van der Waals surface area contributed by atoms with Gasteiger partial charge in [-0.2, -0.15) is 0 Å². The average molecular weight is 428 g/mol. The van der Waals surface area contributed by atoms with Gasteiger partial charge < -0.3 is 31.2 Å². The number of hydrogen-bond acceptors (Lipinski definition) is 7. The minimum Gasteiger partial charge on any atom is -0.489 e. The lowest BCUT2D eigenvalue weighted by Crippen LogP contribution is -2.21. The van der Waals surface area contributed by atoms with E-state index in [4.69, 9.17) is 26.0 Å². The highest BCUT2D eigenvalue weighted by atomic mass is 16.6. The SMILES string of the molecule is NC(=O)c1cc([C@@H](CC(=O)O)C(=O)O)cc2c1OCCCc1cc(N)ccc1C(=O)O2. The number of aliphatic carboxylic acids is 2. The maximum absolute atomic E-state index is 12.8. The van der Waals surface area contributed by atoms with Crippen LogP contribution in [0.1, 0.15) is 50.6 Å². The van der Waals surface area contributed by atoms with Crippen LogP contribution in [0, 0.1) is 0 Å². The van der Waals surface area contributed by atoms with Gasteiger partial charge in [-0.05, 0) is 54.3 Å². The number of carbonyl (C=O) groups is 4. The number of hydrogen-bond donors (Lipinski definition) is 4. The second kappa shape index (κ2) is 8.74. The van der Waals surface area contributed by atoms with E-state index in [1.54, 1.807) is 12.1 Å². The fourth-order valence-electron chi connectivity index (χ4n) is 3.37. The van der Waals surface area contributed by atoms with Crippen LogP contribution in [0.15, 0.2) is 30.3 Å². The van der Waals surface area contributed by atoms with Gasteiger partial charge >= 0.3 is 17.9 Å². The van der Waals surface area contributed by atoms with E-state index in [-0.39, 0.29) is 34.8 Å². The lowest BCUT2D eigenvalue weighted by Gasteiger charge is -2.20. The molecule has 6 N–H and O–H groups in total. The van der Waals surface area contributed by atoms with Gasteiger partial charge in [0.2, 0.25) is 0 Å². The molecule has 1 heterocycles. The molecule has 0 unspecified atom stereocenters. The molecular weight excluding hydrogens is 408 g/mol. The number of fused-ring (bicyclic) bond motifs is 2. The number of nitrogen functional groups attached to an aromatic ring is 1. The molecule has 0 aromatic heterocycles. The molecule has 0 spiro atoms. The fraction of sp³-hybridized carbons (Fsp3) is 0.238. The van der Waals surface area contributed by atoms with Gasteiger partial charge in [0.15, 0.2) is 11.5 Å². The highest BCUT2D eigenvalue weighted by Gasteiger charge is 2.29. The van der Waals surface area contributed by atoms with Crippen LogP contribution in [-0.4, -0.2) is 40.6 Å². The Morgan fingerprint density at radius 1 is 1.13 bits per heavy atom. The van der Waals surface area contributed by atoms with E-state index in [1.807, 2.05) is 0 Å². The summed E-state index contributed by atoms with van der Waals surface area (Å²) in [6.07, 6.45) is 0.206. The monoisotopic (exact) mass is 428 g/mol. The predicted molar refractivity (Wildman–Crippen MR) is 107 cm³/mol. The number of carbonyl (C=O) groups excluding carboxylic acids is 2. The summed E-state index contributed by atoms with van der Waals surface area (Å²) in [6.45, 7) is 0.149. The zero-order valence-corrected chi connectivity index (χ0v) is 16.3. The number of anilines is 1. The van der Waals surface area contributed by atoms with Crippen molar-refractivity contribution in [3.63, 3.8) is 0 Å². The topological polar surface area (TPSA) is 179 Å². The van der Waals surface area contributed by atoms with E-state index in [2.05, 4.69) is 0 Å². The molecule has 1 aliphatic heterocycles. The van der Waals surface area contributed by atoms with Crippen LogP contribution in [0.3, 0.4) is 0 Å². The summed E-state index contributed by atoms with van der Waals surface area (Å²) >= 11 is 0. The van der Waals surface area contributed by atoms with Gasteiger partial charge in [-0.25, -0.2) is 4.79 Å². The summed E-state index contributed by atoms with van der Waals surface area (Å²) in [5.41, 5.74) is 12.3. The first-order chi connectivity index (χ1) is 14.7. The van der Waals surface area contributed by atoms with Crippen molar-refractivity contribution in [3.05, 3.63) is 52.6 Å². The van der Waals surface area contributed by atoms with Crippen molar-refractivity contribution in [2.45, 2.75) is 25.2 Å². The van der Waals surface area contributed by atoms with Gasteiger partial charge in [-0.15, -0.1) is 0 Å². The van der Waals surface area contributed by atoms with Crippen molar-refractivity contribution >= 4 is 29.5 Å². The minimum atomic E-state index is -1.50. The van der Waals surface area contributed by atoms with Crippen LogP contribution < -0.4 is 20.9 Å². The highest BCUT2D eigenvalue weighted by molar-refractivity contribution is 5.99. The molecule has 10 nitrogen and oxygen atoms in total. The lowest BCUT2D eigenvalue weighted by molar-refractivity contribution is -0.145. The van der Waals surface area contributed by atoms with Crippen LogP contribution in [0.4, 0.5) is 5.69 Å². The second-order valence-corrected chi connectivity index (χ2v) is 7.01. The molecule has 0 aliphatic carbocycles. The number of carboxylic acid groups (broad SMARTS) is 2. The van der Waals surface area contributed by atoms with E-state index in [1.165, 1.54) is 12.1 Å². The molecule has 0 saturated carbocycles. The Hall–Kier alpha value is -4.08. The zero-order valence-electron chi connectivity index (χ0n) is 16.3. The predicted octanol–water partition coefficient (Wildman–Crippen LogP) is 1.55. The number of rotatable bonds is 5. The van der Waals surface area contributed by atoms with Gasteiger partial charge in [0.05, 0.1) is 30.1 Å². The van der Waals surface area contributed by atoms with Gasteiger partial charge in [-0.3, -0.25) is 14.4 Å². The number of ether oxygens (including phenoxy) is 2. The Morgan fingerprint density at radius 3 is 2.52 bits per heavy atom. The number of amides is 1. The first-order valence-corrected chi connectivity index (χ1v) is 9.33. The van der Waals surface area contributed by atoms with Crippen molar-refractivity contribution in [1.82, 2.24) is 0 Å². The van der Waals surface area contributed by atoms with Crippen molar-refractivity contribution in [2.75, 3.05) is 12.3 Å². The Morgan fingerprint density at radius 2 is 1.87 bits per heavy atom. The van der Waals surface area contributed by atoms with Gasteiger partial charge in [0.25, 0.3) is 5.91 Å². The van der Waals surface area contributed by atoms with E-state index >= 15 is 0 Å². The van der Waals surface area contributed by atoms with Gasteiger partial charge in [0, 0.05) is 5.69 Å². The lowest BCUT2D eigenvalue weighted by atomic mass is 9.93. The summed E-state index contributed by atoms with van der Waals surface area (Å²) < 4.78 is 11.1. The third-order valence-corrected chi connectivity index (χ3v) is 4.81. The molecule has 0 fully saturated rings. The van der Waals surface area contributed by atoms with E-state index in [0.29, 0.717) is 24.1 Å². The highest BCUT2D eigenvalue weighted by Crippen LogP contribution is 2.37. The van der Waals surface area contributed by atoms with Crippen molar-refractivity contribution < 1.29 is 38.9 Å². The zero-order chi connectivity index (χ0) is 22.7. The summed E-state index contributed by atoms with van der Waals surface area (Å²) in [6, 6.07) is 7.04. The summed E-state index contributed by atoms with van der Waals surface area (Å²) in [7, 11) is 0. The standard InChI is InChI=1S/C21H20N2O8/c22-12-3-4-13-10(6-12)2-1-5-30-18-15(19(23)26)7-11(8-16(18)31-21(13)29)14(20(27)28)9-17(24)25/h3-4,6-8,14H,1-2,5,9,22H2,(H2,23,26)(H,24,25)(H,27,28)/t14-/m1/s1. The summed E-state index contributed by atoms with van der Waals surface area (Å²) in [5.74, 6) is -6.32. The van der Waals surface area contributed by atoms with Crippen LogP contribution in [0.5, 0.6) is 11.5 Å². The molecular formula is C21H20N2O8. The number of primary amides is 1. The first kappa shape index (κ1) is 21.6. The van der Waals surface area contributed by atoms with Crippen LogP contribution >= 0.6 is 0 Å². The van der Waals surface area contributed by atoms with E-state index in [9.17, 15) is 24.3 Å². The van der Waals surface area contributed by atoms with E-state index < -0.39 is 36.2 Å². The number of nitrogens with two attached hydrogens (primary N) is 2. The number of esters is 1. The number of benzene rings is 2. The molecule has 1 amide bonds. The van der Waals surface area contributed by atoms with Crippen molar-refractivity contribution in [3.8, 4) is 11.5 Å². The van der Waals surface area contributed by atoms with Crippen molar-refractivity contribution in [2.24, 2.45) is 5.73 Å². The minimum absolute atomic E-state index is 0.0616. The van der Waals surface area contributed by atoms with Crippen LogP contribution in [0.2, 0.25) is 0 Å². The molecule has 0 radical (unpaired) electrons. The third-order valence-electron chi connectivity index (χ3n) is 4.81. The summed E-state index contributed by atoms with van der Waals surface area (Å²) in [4.78, 5) is 47.6. The van der Waals surface area contributed by atoms with Gasteiger partial charge in [0.1, 0.15) is 0 Å². The molecule has 10 heteroatoms. The smallest absolute Gasteiger partial charge is 0.343 e. The Labute approximate surface area is 176 Å². The van der Waals surface area contributed by atoms with Crippen molar-refractivity contribution in [1.29, 1.82) is 0 Å². The van der Waals surface area contributed by atoms with E-state index in [0.717, 1.165) is 6.07 Å². The molecule has 1 aliphatic rings. The van der Waals surface area contributed by atoms with Gasteiger partial charge in [-0.1, -0.05) is 0 Å². The first-order valence-electron chi connectivity index (χ1n) is 9.33. The molecule has 31 heavy (non-hydrogen) atoms. The molecule has 0 bridgehead atoms. The Kier molecular flexibility index (Phi) is 6.10. The molecule has 3 rings (SSSR count). The molecule has 2 aromatic rings. The van der Waals surface area contributed by atoms with Crippen LogP contribution in [-0.2, 0) is 16.0 Å². The molecule has 0 saturated heterocycles. The Balaban J connectivity index is 2.15. The number of aryl methyl sites for hydroxylation is 1. The van der Waals surface area contributed by atoms with Crippen LogP contribution in [0.25, 0.3) is 0 Å². The fourth-order valence-corrected chi connectivity index (χ4v) is 3.37. The molecule has 2 aromatic carbocycles. The summed E-state index contributed by atoms with van der Waals surface area (Å²) in [5, 5.41) is 18.5. The Bertz CT molecular complexity index is 1080. The molecule has 162 valence electrons. The second-order valence-electron chi connectivity index (χ2n) is 7.01. The maximum atomic E-state index is 12.8.